The van der Waals surface area contributed by atoms with Crippen LogP contribution in [0.5, 0.6) is 0 Å². The average molecular weight is 345 g/mol. The Kier molecular flexibility index (Phi) is 5.33. The van der Waals surface area contributed by atoms with Crippen molar-refractivity contribution in [3.8, 4) is 0 Å². The number of aryl methyl sites for hydroxylation is 1. The third-order valence-electron chi connectivity index (χ3n) is 4.33. The normalized spacial score (nSPS) is 23.7. The first-order chi connectivity index (χ1) is 12.1. The molecular weight excluding hydrogens is 322 g/mol. The van der Waals surface area contributed by atoms with Gasteiger partial charge in [0, 0.05) is 13.1 Å². The molecule has 134 valence electrons. The molecule has 0 aliphatic carbocycles. The standard InChI is InChI=1S/C18H23N3O4/c1-3-25-17(23)14-15(13-6-4-5-12(2)11-13)19-18(20-16(14)22)21-7-9-24-10-8-21/h4-6,11,14-15H,3,7-10H2,1-2H3,(H,19,20,22)/t14-,15+/m0/s1. The van der Waals surface area contributed by atoms with Crippen LogP contribution >= 0.6 is 0 Å². The fourth-order valence-electron chi connectivity index (χ4n) is 3.09. The van der Waals surface area contributed by atoms with Gasteiger partial charge in [0.2, 0.25) is 11.9 Å². The predicted molar refractivity (Wildman–Crippen MR) is 92.0 cm³/mol. The van der Waals surface area contributed by atoms with Crippen LogP contribution in [0.2, 0.25) is 0 Å². The van der Waals surface area contributed by atoms with Gasteiger partial charge in [-0.2, -0.15) is 0 Å². The highest BCUT2D eigenvalue weighted by Gasteiger charge is 2.42. The first kappa shape index (κ1) is 17.4. The zero-order chi connectivity index (χ0) is 17.8. The Morgan fingerprint density at radius 3 is 2.84 bits per heavy atom. The van der Waals surface area contributed by atoms with Crippen molar-refractivity contribution in [1.29, 1.82) is 0 Å². The lowest BCUT2D eigenvalue weighted by Crippen LogP contribution is -2.55. The maximum Gasteiger partial charge on any atom is 0.321 e. The molecule has 3 rings (SSSR count). The van der Waals surface area contributed by atoms with Crippen LogP contribution in [0.15, 0.2) is 29.3 Å². The molecule has 0 spiro atoms. The number of morpholine rings is 1. The SMILES string of the molecule is CCOC(=O)[C@@H]1C(=O)NC(N2CCOCC2)=N[C@@H]1c1cccc(C)c1. The highest BCUT2D eigenvalue weighted by molar-refractivity contribution is 6.08. The van der Waals surface area contributed by atoms with E-state index in [1.807, 2.05) is 36.1 Å². The van der Waals surface area contributed by atoms with Crippen molar-refractivity contribution in [1.82, 2.24) is 10.2 Å². The average Bonchev–Trinajstić information content (AvgIpc) is 2.62. The van der Waals surface area contributed by atoms with Crippen LogP contribution in [-0.4, -0.2) is 55.6 Å². The highest BCUT2D eigenvalue weighted by Crippen LogP contribution is 2.31. The van der Waals surface area contributed by atoms with E-state index in [9.17, 15) is 9.59 Å². The lowest BCUT2D eigenvalue weighted by atomic mass is 9.90. The smallest absolute Gasteiger partial charge is 0.321 e. The number of hydrogen-bond acceptors (Lipinski definition) is 6. The summed E-state index contributed by atoms with van der Waals surface area (Å²) < 4.78 is 10.5. The van der Waals surface area contributed by atoms with Crippen LogP contribution in [0, 0.1) is 12.8 Å². The number of rotatable bonds is 3. The van der Waals surface area contributed by atoms with Crippen molar-refractivity contribution in [3.63, 3.8) is 0 Å². The van der Waals surface area contributed by atoms with Crippen molar-refractivity contribution in [2.24, 2.45) is 10.9 Å². The number of hydrogen-bond donors (Lipinski definition) is 1. The van der Waals surface area contributed by atoms with E-state index >= 15 is 0 Å². The maximum absolute atomic E-state index is 12.7. The van der Waals surface area contributed by atoms with Gasteiger partial charge in [-0.3, -0.25) is 14.9 Å². The number of amides is 1. The second-order valence-corrected chi connectivity index (χ2v) is 6.13. The number of carbonyl (C=O) groups is 2. The Bertz CT molecular complexity index is 683. The molecule has 2 aliphatic heterocycles. The summed E-state index contributed by atoms with van der Waals surface area (Å²) >= 11 is 0. The van der Waals surface area contributed by atoms with E-state index in [1.165, 1.54) is 0 Å². The first-order valence-electron chi connectivity index (χ1n) is 8.54. The van der Waals surface area contributed by atoms with Gasteiger partial charge in [-0.1, -0.05) is 29.8 Å². The Labute approximate surface area is 147 Å². The molecule has 0 unspecified atom stereocenters. The minimum atomic E-state index is -0.980. The molecule has 2 heterocycles. The molecule has 1 N–H and O–H groups in total. The molecule has 7 nitrogen and oxygen atoms in total. The molecule has 1 amide bonds. The van der Waals surface area contributed by atoms with Gasteiger partial charge in [-0.05, 0) is 19.4 Å². The van der Waals surface area contributed by atoms with E-state index in [-0.39, 0.29) is 12.5 Å². The summed E-state index contributed by atoms with van der Waals surface area (Å²) in [6.07, 6.45) is 0. The number of benzene rings is 1. The summed E-state index contributed by atoms with van der Waals surface area (Å²) in [6, 6.07) is 7.13. The van der Waals surface area contributed by atoms with E-state index in [1.54, 1.807) is 6.92 Å². The van der Waals surface area contributed by atoms with Crippen LogP contribution in [0.4, 0.5) is 0 Å². The number of aliphatic imine (C=N–C) groups is 1. The first-order valence-corrected chi connectivity index (χ1v) is 8.54. The van der Waals surface area contributed by atoms with E-state index in [4.69, 9.17) is 14.5 Å². The molecule has 1 aromatic carbocycles. The number of ether oxygens (including phenoxy) is 2. The predicted octanol–water partition coefficient (Wildman–Crippen LogP) is 1.03. The van der Waals surface area contributed by atoms with E-state index in [2.05, 4.69) is 5.32 Å². The van der Waals surface area contributed by atoms with Crippen molar-refractivity contribution in [2.75, 3.05) is 32.9 Å². The fourth-order valence-corrected chi connectivity index (χ4v) is 3.09. The summed E-state index contributed by atoms with van der Waals surface area (Å²) in [5, 5.41) is 2.77. The number of guanidine groups is 1. The van der Waals surface area contributed by atoms with Gasteiger partial charge in [-0.25, -0.2) is 4.99 Å². The van der Waals surface area contributed by atoms with E-state index in [0.29, 0.717) is 32.3 Å². The van der Waals surface area contributed by atoms with Gasteiger partial charge < -0.3 is 14.4 Å². The summed E-state index contributed by atoms with van der Waals surface area (Å²) in [5.74, 6) is -1.40. The molecule has 0 saturated carbocycles. The molecule has 0 aromatic heterocycles. The number of carbonyl (C=O) groups excluding carboxylic acids is 2. The van der Waals surface area contributed by atoms with Gasteiger partial charge >= 0.3 is 5.97 Å². The van der Waals surface area contributed by atoms with Crippen LogP contribution in [0.1, 0.15) is 24.1 Å². The zero-order valence-electron chi connectivity index (χ0n) is 14.5. The summed E-state index contributed by atoms with van der Waals surface area (Å²) in [7, 11) is 0. The van der Waals surface area contributed by atoms with Crippen LogP contribution < -0.4 is 5.32 Å². The van der Waals surface area contributed by atoms with Crippen LogP contribution in [0.3, 0.4) is 0 Å². The van der Waals surface area contributed by atoms with Gasteiger partial charge in [0.25, 0.3) is 0 Å². The molecule has 1 fully saturated rings. The Hall–Kier alpha value is -2.41. The van der Waals surface area contributed by atoms with Gasteiger partial charge in [-0.15, -0.1) is 0 Å². The van der Waals surface area contributed by atoms with Gasteiger partial charge in [0.1, 0.15) is 6.04 Å². The minimum absolute atomic E-state index is 0.225. The van der Waals surface area contributed by atoms with Gasteiger partial charge in [0.05, 0.1) is 19.8 Å². The molecule has 1 aromatic rings. The number of nitrogens with zero attached hydrogens (tertiary/aromatic N) is 2. The second kappa shape index (κ2) is 7.65. The van der Waals surface area contributed by atoms with Crippen molar-refractivity contribution < 1.29 is 19.1 Å². The lowest BCUT2D eigenvalue weighted by Gasteiger charge is -2.35. The maximum atomic E-state index is 12.7. The van der Waals surface area contributed by atoms with E-state index in [0.717, 1.165) is 11.1 Å². The largest absolute Gasteiger partial charge is 0.465 e. The molecular formula is C18H23N3O4. The minimum Gasteiger partial charge on any atom is -0.465 e. The van der Waals surface area contributed by atoms with E-state index < -0.39 is 17.9 Å². The molecule has 0 radical (unpaired) electrons. The molecule has 0 bridgehead atoms. The summed E-state index contributed by atoms with van der Waals surface area (Å²) in [5.41, 5.74) is 1.88. The fraction of sp³-hybridized carbons (Fsp3) is 0.500. The number of esters is 1. The lowest BCUT2D eigenvalue weighted by molar-refractivity contribution is -0.153. The zero-order valence-corrected chi connectivity index (χ0v) is 14.5. The summed E-state index contributed by atoms with van der Waals surface area (Å²) in [4.78, 5) is 31.7. The van der Waals surface area contributed by atoms with Crippen molar-refractivity contribution in [2.45, 2.75) is 19.9 Å². The van der Waals surface area contributed by atoms with Crippen molar-refractivity contribution >= 4 is 17.8 Å². The molecule has 7 heteroatoms. The van der Waals surface area contributed by atoms with Gasteiger partial charge in [0.15, 0.2) is 5.92 Å². The molecule has 1 saturated heterocycles. The molecule has 2 aliphatic rings. The second-order valence-electron chi connectivity index (χ2n) is 6.13. The third kappa shape index (κ3) is 3.82. The number of nitrogens with one attached hydrogen (secondary N) is 1. The summed E-state index contributed by atoms with van der Waals surface area (Å²) in [6.45, 7) is 6.41. The van der Waals surface area contributed by atoms with Crippen LogP contribution in [-0.2, 0) is 19.1 Å². The Morgan fingerprint density at radius 1 is 1.40 bits per heavy atom. The Morgan fingerprint density at radius 2 is 2.16 bits per heavy atom. The third-order valence-corrected chi connectivity index (χ3v) is 4.33. The quantitative estimate of drug-likeness (QED) is 0.654. The van der Waals surface area contributed by atoms with Crippen molar-refractivity contribution in [3.05, 3.63) is 35.4 Å². The topological polar surface area (TPSA) is 80.2 Å². The van der Waals surface area contributed by atoms with Crippen LogP contribution in [0.25, 0.3) is 0 Å². The monoisotopic (exact) mass is 345 g/mol. The molecule has 25 heavy (non-hydrogen) atoms. The highest BCUT2D eigenvalue weighted by atomic mass is 16.5. The Balaban J connectivity index is 1.97. The molecule has 2 atom stereocenters.